The topological polar surface area (TPSA) is 76.4 Å². The number of alkyl halides is 3. The number of carbonyl (C=O) groups excluding carboxylic acids is 2. The van der Waals surface area contributed by atoms with E-state index < -0.39 is 17.8 Å². The molecule has 1 saturated heterocycles. The number of hydrogen-bond acceptors (Lipinski definition) is 4. The van der Waals surface area contributed by atoms with Gasteiger partial charge in [-0.2, -0.15) is 18.4 Å². The van der Waals surface area contributed by atoms with Crippen LogP contribution in [0.4, 0.5) is 18.9 Å². The Bertz CT molecular complexity index is 991. The van der Waals surface area contributed by atoms with Crippen LogP contribution in [-0.2, 0) is 11.0 Å². The lowest BCUT2D eigenvalue weighted by atomic mass is 10.1. The highest BCUT2D eigenvalue weighted by molar-refractivity contribution is 5.96. The summed E-state index contributed by atoms with van der Waals surface area (Å²) in [6.07, 6.45) is -4.45. The van der Waals surface area contributed by atoms with Gasteiger partial charge in [0.2, 0.25) is 5.91 Å². The summed E-state index contributed by atoms with van der Waals surface area (Å²) in [4.78, 5) is 28.7. The van der Waals surface area contributed by atoms with E-state index in [0.717, 1.165) is 12.1 Å². The van der Waals surface area contributed by atoms with Crippen LogP contribution in [0.5, 0.6) is 0 Å². The third-order valence-electron chi connectivity index (χ3n) is 5.29. The Morgan fingerprint density at radius 1 is 1.03 bits per heavy atom. The van der Waals surface area contributed by atoms with E-state index in [1.165, 1.54) is 12.1 Å². The first-order chi connectivity index (χ1) is 14.7. The molecule has 0 aliphatic carbocycles. The predicted molar refractivity (Wildman–Crippen MR) is 108 cm³/mol. The van der Waals surface area contributed by atoms with E-state index in [-0.39, 0.29) is 17.4 Å². The molecule has 6 nitrogen and oxygen atoms in total. The molecule has 0 bridgehead atoms. The van der Waals surface area contributed by atoms with Crippen LogP contribution in [-0.4, -0.2) is 53.8 Å². The second-order valence-corrected chi connectivity index (χ2v) is 7.23. The van der Waals surface area contributed by atoms with Crippen LogP contribution in [0.15, 0.2) is 48.5 Å². The minimum atomic E-state index is -4.45. The van der Waals surface area contributed by atoms with Crippen LogP contribution < -0.4 is 5.32 Å². The van der Waals surface area contributed by atoms with Gasteiger partial charge < -0.3 is 10.2 Å². The number of nitriles is 1. The fraction of sp³-hybridized carbons (Fsp3) is 0.318. The molecule has 31 heavy (non-hydrogen) atoms. The van der Waals surface area contributed by atoms with E-state index in [1.54, 1.807) is 36.1 Å². The van der Waals surface area contributed by atoms with Crippen molar-refractivity contribution in [2.24, 2.45) is 0 Å². The Kier molecular flexibility index (Phi) is 6.61. The standard InChI is InChI=1S/C22H21F3N4O2/c1-15(20(30)27-19-5-3-2-4-17(19)14-26)28-10-12-29(13-11-28)21(31)16-6-8-18(9-7-16)22(23,24)25/h2-9,15H,10-13H2,1H3,(H,27,30). The molecule has 1 aliphatic rings. The second kappa shape index (κ2) is 9.18. The molecule has 2 amide bonds. The van der Waals surface area contributed by atoms with Crippen molar-refractivity contribution in [3.8, 4) is 6.07 Å². The number of halogens is 3. The molecule has 3 rings (SSSR count). The Morgan fingerprint density at radius 2 is 1.65 bits per heavy atom. The van der Waals surface area contributed by atoms with Crippen LogP contribution in [0.2, 0.25) is 0 Å². The van der Waals surface area contributed by atoms with E-state index in [9.17, 15) is 22.8 Å². The van der Waals surface area contributed by atoms with Crippen LogP contribution in [0, 0.1) is 11.3 Å². The lowest BCUT2D eigenvalue weighted by molar-refractivity contribution is -0.137. The summed E-state index contributed by atoms with van der Waals surface area (Å²) in [7, 11) is 0. The highest BCUT2D eigenvalue weighted by Crippen LogP contribution is 2.29. The number of para-hydroxylation sites is 1. The molecule has 2 aromatic carbocycles. The first kappa shape index (κ1) is 22.3. The molecule has 9 heteroatoms. The summed E-state index contributed by atoms with van der Waals surface area (Å²) in [5.41, 5.74) is 0.208. The fourth-order valence-electron chi connectivity index (χ4n) is 3.39. The maximum atomic E-state index is 12.7. The summed E-state index contributed by atoms with van der Waals surface area (Å²) >= 11 is 0. The summed E-state index contributed by atoms with van der Waals surface area (Å²) in [6.45, 7) is 3.35. The van der Waals surface area contributed by atoms with Gasteiger partial charge >= 0.3 is 6.18 Å². The van der Waals surface area contributed by atoms with Crippen molar-refractivity contribution < 1.29 is 22.8 Å². The first-order valence-electron chi connectivity index (χ1n) is 9.71. The molecular formula is C22H21F3N4O2. The fourth-order valence-corrected chi connectivity index (χ4v) is 3.39. The van der Waals surface area contributed by atoms with Crippen molar-refractivity contribution in [1.82, 2.24) is 9.80 Å². The van der Waals surface area contributed by atoms with Gasteiger partial charge in [-0.15, -0.1) is 0 Å². The lowest BCUT2D eigenvalue weighted by Gasteiger charge is -2.37. The summed E-state index contributed by atoms with van der Waals surface area (Å²) in [5.74, 6) is -0.598. The van der Waals surface area contributed by atoms with Gasteiger partial charge in [0.15, 0.2) is 0 Å². The largest absolute Gasteiger partial charge is 0.416 e. The first-order valence-corrected chi connectivity index (χ1v) is 9.71. The molecular weight excluding hydrogens is 409 g/mol. The third kappa shape index (κ3) is 5.22. The molecule has 1 N–H and O–H groups in total. The van der Waals surface area contributed by atoms with Gasteiger partial charge in [-0.3, -0.25) is 14.5 Å². The van der Waals surface area contributed by atoms with E-state index in [2.05, 4.69) is 5.32 Å². The van der Waals surface area contributed by atoms with Crippen molar-refractivity contribution in [1.29, 1.82) is 5.26 Å². The monoisotopic (exact) mass is 430 g/mol. The Labute approximate surface area is 177 Å². The van der Waals surface area contributed by atoms with Gasteiger partial charge in [-0.05, 0) is 43.3 Å². The summed E-state index contributed by atoms with van der Waals surface area (Å²) < 4.78 is 38.1. The van der Waals surface area contributed by atoms with Crippen LogP contribution in [0.3, 0.4) is 0 Å². The minimum absolute atomic E-state index is 0.195. The number of carbonyl (C=O) groups is 2. The number of amides is 2. The van der Waals surface area contributed by atoms with E-state index in [0.29, 0.717) is 37.4 Å². The molecule has 0 radical (unpaired) electrons. The summed E-state index contributed by atoms with van der Waals surface area (Å²) in [6, 6.07) is 12.4. The molecule has 1 fully saturated rings. The maximum Gasteiger partial charge on any atom is 0.416 e. The van der Waals surface area contributed by atoms with Crippen molar-refractivity contribution >= 4 is 17.5 Å². The van der Waals surface area contributed by atoms with Gasteiger partial charge in [-0.1, -0.05) is 12.1 Å². The van der Waals surface area contributed by atoms with Crippen molar-refractivity contribution in [3.05, 3.63) is 65.2 Å². The molecule has 0 spiro atoms. The van der Waals surface area contributed by atoms with Crippen LogP contribution in [0.25, 0.3) is 0 Å². The maximum absolute atomic E-state index is 12.7. The van der Waals surface area contributed by atoms with Crippen molar-refractivity contribution in [3.63, 3.8) is 0 Å². The molecule has 1 atom stereocenters. The zero-order valence-electron chi connectivity index (χ0n) is 16.8. The molecule has 1 aliphatic heterocycles. The highest BCUT2D eigenvalue weighted by Gasteiger charge is 2.31. The second-order valence-electron chi connectivity index (χ2n) is 7.23. The Hall–Kier alpha value is -3.38. The highest BCUT2D eigenvalue weighted by atomic mass is 19.4. The number of benzene rings is 2. The van der Waals surface area contributed by atoms with Crippen molar-refractivity contribution in [2.75, 3.05) is 31.5 Å². The molecule has 162 valence electrons. The SMILES string of the molecule is CC(C(=O)Nc1ccccc1C#N)N1CCN(C(=O)c2ccc(C(F)(F)F)cc2)CC1. The van der Waals surface area contributed by atoms with Gasteiger partial charge in [0.1, 0.15) is 6.07 Å². The van der Waals surface area contributed by atoms with Gasteiger partial charge in [0.05, 0.1) is 22.9 Å². The third-order valence-corrected chi connectivity index (χ3v) is 5.29. The zero-order valence-corrected chi connectivity index (χ0v) is 16.8. The number of nitrogens with zero attached hydrogens (tertiary/aromatic N) is 3. The average Bonchev–Trinajstić information content (AvgIpc) is 2.78. The van der Waals surface area contributed by atoms with Crippen LogP contribution in [0.1, 0.15) is 28.4 Å². The van der Waals surface area contributed by atoms with E-state index in [4.69, 9.17) is 5.26 Å². The lowest BCUT2D eigenvalue weighted by Crippen LogP contribution is -2.54. The van der Waals surface area contributed by atoms with Crippen molar-refractivity contribution in [2.45, 2.75) is 19.1 Å². The number of anilines is 1. The quantitative estimate of drug-likeness (QED) is 0.807. The van der Waals surface area contributed by atoms with Crippen LogP contribution >= 0.6 is 0 Å². The molecule has 0 saturated carbocycles. The van der Waals surface area contributed by atoms with Gasteiger partial charge in [-0.25, -0.2) is 0 Å². The van der Waals surface area contributed by atoms with Gasteiger partial charge in [0, 0.05) is 31.7 Å². The summed E-state index contributed by atoms with van der Waals surface area (Å²) in [5, 5.41) is 11.9. The molecule has 1 unspecified atom stereocenters. The Morgan fingerprint density at radius 3 is 2.23 bits per heavy atom. The Balaban J connectivity index is 1.56. The molecule has 0 aromatic heterocycles. The predicted octanol–water partition coefficient (Wildman–Crippen LogP) is 3.36. The minimum Gasteiger partial charge on any atom is -0.336 e. The average molecular weight is 430 g/mol. The number of rotatable bonds is 4. The van der Waals surface area contributed by atoms with E-state index in [1.807, 2.05) is 11.0 Å². The zero-order chi connectivity index (χ0) is 22.6. The smallest absolute Gasteiger partial charge is 0.336 e. The normalized spacial score (nSPS) is 15.8. The number of hydrogen-bond donors (Lipinski definition) is 1. The van der Waals surface area contributed by atoms with E-state index >= 15 is 0 Å². The number of nitrogens with one attached hydrogen (secondary N) is 1. The molecule has 1 heterocycles. The number of piperazine rings is 1. The van der Waals surface area contributed by atoms with Gasteiger partial charge in [0.25, 0.3) is 5.91 Å². The molecule has 2 aromatic rings.